The highest BCUT2D eigenvalue weighted by Gasteiger charge is 2.38. The summed E-state index contributed by atoms with van der Waals surface area (Å²) in [5.74, 6) is -0.448. The van der Waals surface area contributed by atoms with Gasteiger partial charge >= 0.3 is 5.97 Å². The Hall–Kier alpha value is -3.44. The number of aliphatic hydroxyl groups is 1. The molecule has 1 fully saturated rings. The van der Waals surface area contributed by atoms with Crippen LogP contribution in [-0.4, -0.2) is 34.9 Å². The second kappa shape index (κ2) is 13.1. The Morgan fingerprint density at radius 3 is 2.41 bits per heavy atom. The van der Waals surface area contributed by atoms with Crippen molar-refractivity contribution in [1.82, 2.24) is 0 Å². The SMILES string of the molecule is CC(=O)O[C@@H](C)C(=O)Nc1ccc([C@H]2O[C@@H](CSc3cccc[n+]3[O-])[C@@H](C)[C@@H](c3ccc(CO)cc3)O2)cc1. The Labute approximate surface area is 231 Å². The van der Waals surface area contributed by atoms with E-state index in [1.165, 1.54) is 31.8 Å². The first-order chi connectivity index (χ1) is 18.7. The van der Waals surface area contributed by atoms with Crippen molar-refractivity contribution in [3.8, 4) is 0 Å². The van der Waals surface area contributed by atoms with E-state index >= 15 is 0 Å². The predicted molar refractivity (Wildman–Crippen MR) is 145 cm³/mol. The molecule has 39 heavy (non-hydrogen) atoms. The first kappa shape index (κ1) is 28.6. The van der Waals surface area contributed by atoms with Crippen LogP contribution in [-0.2, 0) is 30.4 Å². The molecular weight excluding hydrogens is 520 g/mol. The number of aliphatic hydroxyl groups excluding tert-OH is 1. The lowest BCUT2D eigenvalue weighted by molar-refractivity contribution is -0.645. The minimum Gasteiger partial charge on any atom is -0.618 e. The van der Waals surface area contributed by atoms with Gasteiger partial charge in [0.25, 0.3) is 10.9 Å². The van der Waals surface area contributed by atoms with Gasteiger partial charge in [0, 0.05) is 42.0 Å². The summed E-state index contributed by atoms with van der Waals surface area (Å²) in [4.78, 5) is 23.4. The summed E-state index contributed by atoms with van der Waals surface area (Å²) in [5, 5.41) is 24.9. The minimum atomic E-state index is -0.915. The van der Waals surface area contributed by atoms with Crippen molar-refractivity contribution in [3.05, 3.63) is 94.8 Å². The van der Waals surface area contributed by atoms with Crippen molar-refractivity contribution >= 4 is 29.3 Å². The van der Waals surface area contributed by atoms with Crippen molar-refractivity contribution in [2.24, 2.45) is 5.92 Å². The molecule has 10 heteroatoms. The fraction of sp³-hybridized carbons (Fsp3) is 0.345. The summed E-state index contributed by atoms with van der Waals surface area (Å²) < 4.78 is 18.6. The highest BCUT2D eigenvalue weighted by Crippen LogP contribution is 2.43. The van der Waals surface area contributed by atoms with Gasteiger partial charge in [-0.1, -0.05) is 55.1 Å². The smallest absolute Gasteiger partial charge is 0.303 e. The van der Waals surface area contributed by atoms with Crippen molar-refractivity contribution in [3.63, 3.8) is 0 Å². The number of amides is 1. The molecule has 0 saturated carbocycles. The van der Waals surface area contributed by atoms with Crippen LogP contribution in [0, 0.1) is 11.1 Å². The number of benzene rings is 2. The van der Waals surface area contributed by atoms with Crippen LogP contribution in [0.3, 0.4) is 0 Å². The summed E-state index contributed by atoms with van der Waals surface area (Å²) in [6.45, 7) is 4.78. The number of carbonyl (C=O) groups excluding carboxylic acids is 2. The van der Waals surface area contributed by atoms with Gasteiger partial charge in [0.05, 0.1) is 18.8 Å². The number of esters is 1. The fourth-order valence-electron chi connectivity index (χ4n) is 4.27. The number of aromatic nitrogens is 1. The van der Waals surface area contributed by atoms with Crippen LogP contribution >= 0.6 is 11.8 Å². The molecule has 206 valence electrons. The minimum absolute atomic E-state index is 0.0288. The van der Waals surface area contributed by atoms with Crippen molar-refractivity contribution in [1.29, 1.82) is 0 Å². The van der Waals surface area contributed by atoms with Gasteiger partial charge in [-0.2, -0.15) is 4.73 Å². The maximum Gasteiger partial charge on any atom is 0.303 e. The molecule has 9 nitrogen and oxygen atoms in total. The molecular formula is C29H32N2O7S. The van der Waals surface area contributed by atoms with E-state index in [9.17, 15) is 19.9 Å². The van der Waals surface area contributed by atoms with Gasteiger partial charge in [0.2, 0.25) is 0 Å². The van der Waals surface area contributed by atoms with E-state index in [4.69, 9.17) is 14.2 Å². The summed E-state index contributed by atoms with van der Waals surface area (Å²) in [5.41, 5.74) is 3.08. The summed E-state index contributed by atoms with van der Waals surface area (Å²) in [7, 11) is 0. The third kappa shape index (κ3) is 7.36. The average molecular weight is 553 g/mol. The van der Waals surface area contributed by atoms with Gasteiger partial charge in [0.15, 0.2) is 18.6 Å². The zero-order valence-electron chi connectivity index (χ0n) is 22.0. The number of ether oxygens (including phenoxy) is 3. The van der Waals surface area contributed by atoms with Gasteiger partial charge in [0.1, 0.15) is 0 Å². The molecule has 1 saturated heterocycles. The zero-order valence-corrected chi connectivity index (χ0v) is 22.8. The van der Waals surface area contributed by atoms with E-state index in [1.54, 1.807) is 24.3 Å². The van der Waals surface area contributed by atoms with E-state index in [2.05, 4.69) is 12.2 Å². The van der Waals surface area contributed by atoms with E-state index in [1.807, 2.05) is 42.5 Å². The number of hydrogen-bond donors (Lipinski definition) is 2. The van der Waals surface area contributed by atoms with E-state index < -0.39 is 24.3 Å². The van der Waals surface area contributed by atoms with Crippen molar-refractivity contribution in [2.45, 2.75) is 57.0 Å². The molecule has 0 unspecified atom stereocenters. The lowest BCUT2D eigenvalue weighted by Gasteiger charge is -2.41. The van der Waals surface area contributed by atoms with Crippen LogP contribution in [0.4, 0.5) is 5.69 Å². The number of thioether (sulfide) groups is 1. The highest BCUT2D eigenvalue weighted by atomic mass is 32.2. The number of nitrogens with one attached hydrogen (secondary N) is 1. The van der Waals surface area contributed by atoms with Gasteiger partial charge in [-0.25, -0.2) is 0 Å². The third-order valence-electron chi connectivity index (χ3n) is 6.47. The number of anilines is 1. The summed E-state index contributed by atoms with van der Waals surface area (Å²) >= 11 is 1.43. The molecule has 2 heterocycles. The molecule has 2 N–H and O–H groups in total. The molecule has 1 amide bonds. The second-order valence-corrected chi connectivity index (χ2v) is 10.4. The lowest BCUT2D eigenvalue weighted by Crippen LogP contribution is -2.39. The van der Waals surface area contributed by atoms with Crippen LogP contribution in [0.15, 0.2) is 78.0 Å². The highest BCUT2D eigenvalue weighted by molar-refractivity contribution is 7.99. The van der Waals surface area contributed by atoms with Crippen molar-refractivity contribution in [2.75, 3.05) is 11.1 Å². The normalized spacial score (nSPS) is 21.6. The molecule has 4 rings (SSSR count). The Balaban J connectivity index is 1.52. The van der Waals surface area contributed by atoms with E-state index in [-0.39, 0.29) is 24.7 Å². The van der Waals surface area contributed by atoms with Crippen LogP contribution < -0.4 is 10.0 Å². The Bertz CT molecular complexity index is 1270. The molecule has 0 radical (unpaired) electrons. The number of nitrogens with zero attached hydrogens (tertiary/aromatic N) is 1. The fourth-order valence-corrected chi connectivity index (χ4v) is 5.35. The van der Waals surface area contributed by atoms with Gasteiger partial charge < -0.3 is 29.8 Å². The molecule has 0 spiro atoms. The van der Waals surface area contributed by atoms with Crippen molar-refractivity contribution < 1.29 is 33.6 Å². The Kier molecular flexibility index (Phi) is 9.58. The molecule has 3 aromatic rings. The topological polar surface area (TPSA) is 121 Å². The first-order valence-corrected chi connectivity index (χ1v) is 13.6. The van der Waals surface area contributed by atoms with Gasteiger partial charge in [-0.3, -0.25) is 9.59 Å². The first-order valence-electron chi connectivity index (χ1n) is 12.6. The van der Waals surface area contributed by atoms with E-state index in [0.29, 0.717) is 16.5 Å². The van der Waals surface area contributed by atoms with Crippen LogP contribution in [0.25, 0.3) is 0 Å². The lowest BCUT2D eigenvalue weighted by atomic mass is 9.91. The number of rotatable bonds is 9. The van der Waals surface area contributed by atoms with Crippen LogP contribution in [0.5, 0.6) is 0 Å². The van der Waals surface area contributed by atoms with Gasteiger partial charge in [-0.15, -0.1) is 0 Å². The molecule has 1 aliphatic rings. The van der Waals surface area contributed by atoms with E-state index in [0.717, 1.165) is 21.4 Å². The predicted octanol–water partition coefficient (Wildman–Crippen LogP) is 4.29. The number of hydrogen-bond acceptors (Lipinski definition) is 8. The number of carbonyl (C=O) groups is 2. The maximum atomic E-state index is 12.3. The van der Waals surface area contributed by atoms with Gasteiger partial charge in [-0.05, 0) is 36.2 Å². The van der Waals surface area contributed by atoms with Crippen LogP contribution in [0.2, 0.25) is 0 Å². The third-order valence-corrected chi connectivity index (χ3v) is 7.58. The number of pyridine rings is 1. The molecule has 1 aliphatic heterocycles. The molecule has 1 aromatic heterocycles. The molecule has 0 aliphatic carbocycles. The Morgan fingerprint density at radius 2 is 1.77 bits per heavy atom. The zero-order chi connectivity index (χ0) is 27.9. The standard InChI is InChI=1S/C29H32N2O7S/c1-18-25(17-39-26-6-4-5-15-31(26)35)37-29(38-27(18)22-9-7-21(16-32)8-10-22)23-11-13-24(14-12-23)30-28(34)19(2)36-20(3)33/h4-15,18-19,25,27,29,32H,16-17H2,1-3H3,(H,30,34)/t18-,19+,25+,27+,29+/m1/s1. The summed E-state index contributed by atoms with van der Waals surface area (Å²) in [6.07, 6.45) is -0.656. The molecule has 0 bridgehead atoms. The van der Waals surface area contributed by atoms with Crippen LogP contribution in [0.1, 0.15) is 49.9 Å². The monoisotopic (exact) mass is 552 g/mol. The average Bonchev–Trinajstić information content (AvgIpc) is 2.93. The quantitative estimate of drug-likeness (QED) is 0.175. The molecule has 2 aromatic carbocycles. The summed E-state index contributed by atoms with van der Waals surface area (Å²) in [6, 6.07) is 20.0. The largest absolute Gasteiger partial charge is 0.618 e. The maximum absolute atomic E-state index is 12.3. The Morgan fingerprint density at radius 1 is 1.08 bits per heavy atom. The second-order valence-electron chi connectivity index (χ2n) is 9.36. The molecule has 5 atom stereocenters.